The third-order valence-corrected chi connectivity index (χ3v) is 11.5. The van der Waals surface area contributed by atoms with Crippen molar-refractivity contribution >= 4 is 0 Å². The van der Waals surface area contributed by atoms with Gasteiger partial charge < -0.3 is 5.11 Å². The van der Waals surface area contributed by atoms with E-state index in [1.165, 1.54) is 57.8 Å². The van der Waals surface area contributed by atoms with E-state index < -0.39 is 0 Å². The van der Waals surface area contributed by atoms with Gasteiger partial charge in [0.25, 0.3) is 0 Å². The lowest BCUT2D eigenvalue weighted by atomic mass is 9.50. The SMILES string of the molecule is CC(CCC(C)(C)C(C)C)C1CCC2C3=C(CC[C@@]21C)[C@@]1(C)CC[C@H](O)CC1CC3. The summed E-state index contributed by atoms with van der Waals surface area (Å²) in [5.74, 6) is 4.13. The lowest BCUT2D eigenvalue weighted by molar-refractivity contribution is 0.0128. The van der Waals surface area contributed by atoms with E-state index in [1.807, 2.05) is 11.1 Å². The molecule has 30 heavy (non-hydrogen) atoms. The van der Waals surface area contributed by atoms with Gasteiger partial charge in [0.05, 0.1) is 6.10 Å². The summed E-state index contributed by atoms with van der Waals surface area (Å²) >= 11 is 0. The molecule has 4 rings (SSSR count). The summed E-state index contributed by atoms with van der Waals surface area (Å²) in [4.78, 5) is 0. The lowest BCUT2D eigenvalue weighted by Crippen LogP contribution is -2.45. The first-order valence-electron chi connectivity index (χ1n) is 13.4. The maximum Gasteiger partial charge on any atom is 0.0543 e. The molecule has 1 heteroatoms. The summed E-state index contributed by atoms with van der Waals surface area (Å²) in [6.45, 7) is 17.6. The predicted octanol–water partition coefficient (Wildman–Crippen LogP) is 8.17. The Labute approximate surface area is 187 Å². The highest BCUT2D eigenvalue weighted by Crippen LogP contribution is 2.66. The highest BCUT2D eigenvalue weighted by atomic mass is 16.3. The number of aliphatic hydroxyl groups excluding tert-OH is 1. The van der Waals surface area contributed by atoms with Crippen molar-refractivity contribution in [1.82, 2.24) is 0 Å². The molecule has 4 aliphatic carbocycles. The largest absolute Gasteiger partial charge is 0.393 e. The van der Waals surface area contributed by atoms with E-state index in [4.69, 9.17) is 0 Å². The molecule has 1 nitrogen and oxygen atoms in total. The van der Waals surface area contributed by atoms with Crippen molar-refractivity contribution in [2.75, 3.05) is 0 Å². The summed E-state index contributed by atoms with van der Waals surface area (Å²) in [5, 5.41) is 10.3. The minimum Gasteiger partial charge on any atom is -0.393 e. The number of fused-ring (bicyclic) bond motifs is 4. The second kappa shape index (κ2) is 7.93. The van der Waals surface area contributed by atoms with Gasteiger partial charge >= 0.3 is 0 Å². The maximum absolute atomic E-state index is 10.3. The van der Waals surface area contributed by atoms with E-state index in [0.717, 1.165) is 42.4 Å². The van der Waals surface area contributed by atoms with Gasteiger partial charge in [0, 0.05) is 0 Å². The Morgan fingerprint density at radius 3 is 2.43 bits per heavy atom. The Morgan fingerprint density at radius 2 is 1.73 bits per heavy atom. The zero-order valence-corrected chi connectivity index (χ0v) is 21.2. The van der Waals surface area contributed by atoms with Crippen LogP contribution in [-0.4, -0.2) is 11.2 Å². The van der Waals surface area contributed by atoms with Gasteiger partial charge in [-0.05, 0) is 116 Å². The fourth-order valence-corrected chi connectivity index (χ4v) is 8.50. The molecule has 7 atom stereocenters. The number of aliphatic hydroxyl groups is 1. The van der Waals surface area contributed by atoms with Gasteiger partial charge in [-0.2, -0.15) is 0 Å². The molecule has 2 saturated carbocycles. The molecule has 4 aliphatic rings. The molecule has 0 heterocycles. The number of allylic oxidation sites excluding steroid dienone is 2. The molecule has 1 N–H and O–H groups in total. The monoisotopic (exact) mass is 414 g/mol. The standard InChI is InChI=1S/C29H50O/c1-19(2)27(4,5)15-12-20(3)24-10-11-25-23-9-8-21-18-22(30)13-16-28(21,6)26(23)14-17-29(24,25)7/h19-22,24-25,30H,8-18H2,1-7H3/t20?,21?,22-,24?,25?,28-,29+/m0/s1. The van der Waals surface area contributed by atoms with Crippen molar-refractivity contribution in [2.45, 2.75) is 125 Å². The van der Waals surface area contributed by atoms with Crippen LogP contribution in [0.5, 0.6) is 0 Å². The average Bonchev–Trinajstić information content (AvgIpc) is 3.04. The molecule has 0 spiro atoms. The van der Waals surface area contributed by atoms with Gasteiger partial charge in [-0.3, -0.25) is 0 Å². The number of hydrogen-bond acceptors (Lipinski definition) is 1. The predicted molar refractivity (Wildman–Crippen MR) is 128 cm³/mol. The zero-order valence-electron chi connectivity index (χ0n) is 21.2. The maximum atomic E-state index is 10.3. The molecule has 0 bridgehead atoms. The Hall–Kier alpha value is -0.300. The molecule has 0 aliphatic heterocycles. The van der Waals surface area contributed by atoms with Crippen molar-refractivity contribution in [2.24, 2.45) is 45.8 Å². The molecule has 2 fully saturated rings. The minimum absolute atomic E-state index is 0.0362. The smallest absolute Gasteiger partial charge is 0.0543 e. The highest BCUT2D eigenvalue weighted by Gasteiger charge is 2.55. The summed E-state index contributed by atoms with van der Waals surface area (Å²) in [7, 11) is 0. The van der Waals surface area contributed by atoms with Crippen LogP contribution in [0.2, 0.25) is 0 Å². The van der Waals surface area contributed by atoms with E-state index in [9.17, 15) is 5.11 Å². The summed E-state index contributed by atoms with van der Waals surface area (Å²) < 4.78 is 0. The van der Waals surface area contributed by atoms with Gasteiger partial charge in [-0.1, -0.05) is 59.6 Å². The van der Waals surface area contributed by atoms with Crippen LogP contribution in [0.25, 0.3) is 0 Å². The Bertz CT molecular complexity index is 672. The van der Waals surface area contributed by atoms with Crippen molar-refractivity contribution < 1.29 is 5.11 Å². The summed E-state index contributed by atoms with van der Waals surface area (Å²) in [6.07, 6.45) is 14.4. The quantitative estimate of drug-likeness (QED) is 0.450. The van der Waals surface area contributed by atoms with Crippen LogP contribution in [0, 0.1) is 45.8 Å². The van der Waals surface area contributed by atoms with Crippen molar-refractivity contribution in [3.05, 3.63) is 11.1 Å². The van der Waals surface area contributed by atoms with Crippen LogP contribution in [0.1, 0.15) is 119 Å². The van der Waals surface area contributed by atoms with E-state index in [2.05, 4.69) is 48.5 Å². The third-order valence-electron chi connectivity index (χ3n) is 11.5. The first kappa shape index (κ1) is 22.9. The van der Waals surface area contributed by atoms with Gasteiger partial charge in [0.2, 0.25) is 0 Å². The molecule has 0 aromatic rings. The van der Waals surface area contributed by atoms with E-state index in [0.29, 0.717) is 16.2 Å². The molecule has 4 unspecified atom stereocenters. The fourth-order valence-electron chi connectivity index (χ4n) is 8.50. The minimum atomic E-state index is -0.0362. The topological polar surface area (TPSA) is 20.2 Å². The molecule has 0 amide bonds. The van der Waals surface area contributed by atoms with Crippen molar-refractivity contribution in [1.29, 1.82) is 0 Å². The van der Waals surface area contributed by atoms with Gasteiger partial charge in [-0.25, -0.2) is 0 Å². The van der Waals surface area contributed by atoms with Gasteiger partial charge in [-0.15, -0.1) is 0 Å². The lowest BCUT2D eigenvalue weighted by Gasteiger charge is -2.55. The fraction of sp³-hybridized carbons (Fsp3) is 0.931. The molecular weight excluding hydrogens is 364 g/mol. The Morgan fingerprint density at radius 1 is 1.00 bits per heavy atom. The van der Waals surface area contributed by atoms with Crippen LogP contribution in [0.3, 0.4) is 0 Å². The van der Waals surface area contributed by atoms with Crippen LogP contribution < -0.4 is 0 Å². The van der Waals surface area contributed by atoms with Crippen LogP contribution in [-0.2, 0) is 0 Å². The molecule has 0 saturated heterocycles. The second-order valence-electron chi connectivity index (χ2n) is 13.5. The van der Waals surface area contributed by atoms with Crippen LogP contribution in [0.4, 0.5) is 0 Å². The highest BCUT2D eigenvalue weighted by molar-refractivity contribution is 5.34. The van der Waals surface area contributed by atoms with E-state index in [1.54, 1.807) is 0 Å². The third kappa shape index (κ3) is 3.64. The zero-order chi connectivity index (χ0) is 21.9. The Kier molecular flexibility index (Phi) is 6.05. The van der Waals surface area contributed by atoms with Crippen molar-refractivity contribution in [3.63, 3.8) is 0 Å². The Balaban J connectivity index is 1.52. The van der Waals surface area contributed by atoms with Crippen molar-refractivity contribution in [3.8, 4) is 0 Å². The normalized spacial score (nSPS) is 42.7. The van der Waals surface area contributed by atoms with Gasteiger partial charge in [0.15, 0.2) is 0 Å². The summed E-state index contributed by atoms with van der Waals surface area (Å²) in [5.41, 5.74) is 5.20. The molecule has 0 aromatic heterocycles. The number of hydrogen-bond donors (Lipinski definition) is 1. The molecular formula is C29H50O. The first-order chi connectivity index (χ1) is 14.0. The van der Waals surface area contributed by atoms with E-state index >= 15 is 0 Å². The summed E-state index contributed by atoms with van der Waals surface area (Å²) in [6, 6.07) is 0. The van der Waals surface area contributed by atoms with E-state index in [-0.39, 0.29) is 6.10 Å². The van der Waals surface area contributed by atoms with Crippen LogP contribution >= 0.6 is 0 Å². The van der Waals surface area contributed by atoms with Gasteiger partial charge in [0.1, 0.15) is 0 Å². The molecule has 0 radical (unpaired) electrons. The molecule has 172 valence electrons. The number of rotatable bonds is 5. The molecule has 0 aromatic carbocycles. The average molecular weight is 415 g/mol. The van der Waals surface area contributed by atoms with Crippen LogP contribution in [0.15, 0.2) is 11.1 Å². The second-order valence-corrected chi connectivity index (χ2v) is 13.5. The first-order valence-corrected chi connectivity index (χ1v) is 13.4.